The molecule has 1 aromatic carbocycles. The maximum Gasteiger partial charge on any atom is 0.342 e. The van der Waals surface area contributed by atoms with Crippen molar-refractivity contribution in [3.05, 3.63) is 72.3 Å². The van der Waals surface area contributed by atoms with E-state index in [-0.39, 0.29) is 12.1 Å². The summed E-state index contributed by atoms with van der Waals surface area (Å²) in [7, 11) is 0. The zero-order valence-corrected chi connectivity index (χ0v) is 19.0. The molecule has 6 nitrogen and oxygen atoms in total. The van der Waals surface area contributed by atoms with Crippen LogP contribution >= 0.6 is 0 Å². The van der Waals surface area contributed by atoms with E-state index in [4.69, 9.17) is 9.15 Å². The van der Waals surface area contributed by atoms with Crippen LogP contribution in [-0.4, -0.2) is 47.6 Å². The second-order valence-electron chi connectivity index (χ2n) is 8.46. The Hall–Kier alpha value is -3.12. The number of rotatable bonds is 8. The molecule has 168 valence electrons. The number of carbonyl (C=O) groups is 1. The number of nitrogens with zero attached hydrogens (tertiary/aromatic N) is 3. The van der Waals surface area contributed by atoms with Gasteiger partial charge in [0.05, 0.1) is 18.6 Å². The highest BCUT2D eigenvalue weighted by Gasteiger charge is 2.32. The average Bonchev–Trinajstić information content (AvgIpc) is 3.49. The van der Waals surface area contributed by atoms with Gasteiger partial charge >= 0.3 is 5.97 Å². The summed E-state index contributed by atoms with van der Waals surface area (Å²) in [4.78, 5) is 22.5. The van der Waals surface area contributed by atoms with Crippen molar-refractivity contribution in [2.45, 2.75) is 45.9 Å². The van der Waals surface area contributed by atoms with Crippen molar-refractivity contribution >= 4 is 11.8 Å². The van der Waals surface area contributed by atoms with Crippen LogP contribution in [0.5, 0.6) is 0 Å². The molecule has 6 heteroatoms. The molecule has 0 bridgehead atoms. The Morgan fingerprint density at radius 3 is 2.75 bits per heavy atom. The van der Waals surface area contributed by atoms with Gasteiger partial charge in [-0.25, -0.2) is 9.78 Å². The van der Waals surface area contributed by atoms with E-state index in [0.29, 0.717) is 17.4 Å². The lowest BCUT2D eigenvalue weighted by atomic mass is 10.0. The van der Waals surface area contributed by atoms with Gasteiger partial charge in [0.25, 0.3) is 0 Å². The molecular formula is C26H31N3O3. The van der Waals surface area contributed by atoms with Crippen LogP contribution in [0, 0.1) is 0 Å². The number of aromatic nitrogens is 1. The maximum absolute atomic E-state index is 13.2. The highest BCUT2D eigenvalue weighted by molar-refractivity contribution is 6.02. The Labute approximate surface area is 189 Å². The second kappa shape index (κ2) is 10.0. The Balaban J connectivity index is 1.63. The van der Waals surface area contributed by atoms with Crippen molar-refractivity contribution in [3.63, 3.8) is 0 Å². The minimum Gasteiger partial charge on any atom is -0.472 e. The summed E-state index contributed by atoms with van der Waals surface area (Å²) in [5, 5.41) is 0. The van der Waals surface area contributed by atoms with E-state index in [2.05, 4.69) is 21.7 Å². The van der Waals surface area contributed by atoms with Crippen LogP contribution in [0.15, 0.2) is 65.6 Å². The lowest BCUT2D eigenvalue weighted by Gasteiger charge is -2.28. The molecule has 0 radical (unpaired) electrons. The molecule has 1 saturated heterocycles. The quantitative estimate of drug-likeness (QED) is 0.466. The average molecular weight is 434 g/mol. The third kappa shape index (κ3) is 4.86. The summed E-state index contributed by atoms with van der Waals surface area (Å²) < 4.78 is 10.9. The molecule has 4 rings (SSSR count). The number of furan rings is 1. The molecule has 1 aliphatic rings. The van der Waals surface area contributed by atoms with Crippen LogP contribution in [0.1, 0.15) is 43.1 Å². The van der Waals surface area contributed by atoms with Crippen molar-refractivity contribution in [1.82, 2.24) is 9.88 Å². The standard InChI is InChI=1S/C26H31N3O3/c1-4-28(16-20-12-15-31-18-20)22-11-14-29(17-22)25-24(26(30)32-19(2)3)23(10-13-27-25)21-8-6-5-7-9-21/h5-10,12-13,15,18-19,22H,4,11,14,16-17H2,1-3H3. The summed E-state index contributed by atoms with van der Waals surface area (Å²) in [6, 6.07) is 14.3. The first-order chi connectivity index (χ1) is 15.6. The van der Waals surface area contributed by atoms with Crippen molar-refractivity contribution in [2.24, 2.45) is 0 Å². The van der Waals surface area contributed by atoms with E-state index in [1.807, 2.05) is 56.3 Å². The predicted octanol–water partition coefficient (Wildman–Crippen LogP) is 5.01. The molecule has 0 saturated carbocycles. The molecule has 32 heavy (non-hydrogen) atoms. The first-order valence-corrected chi connectivity index (χ1v) is 11.3. The first-order valence-electron chi connectivity index (χ1n) is 11.3. The molecule has 0 N–H and O–H groups in total. The minimum atomic E-state index is -0.323. The number of carbonyl (C=O) groups excluding carboxylic acids is 1. The Morgan fingerprint density at radius 1 is 1.25 bits per heavy atom. The Bertz CT molecular complexity index is 1020. The normalized spacial score (nSPS) is 16.2. The SMILES string of the molecule is CCN(Cc1ccoc1)C1CCN(c2nccc(-c3ccccc3)c2C(=O)OC(C)C)C1. The number of pyridine rings is 1. The fraction of sp³-hybridized carbons (Fsp3) is 0.385. The highest BCUT2D eigenvalue weighted by atomic mass is 16.5. The van der Waals surface area contributed by atoms with E-state index >= 15 is 0 Å². The summed E-state index contributed by atoms with van der Waals surface area (Å²) in [6.07, 6.45) is 6.13. The maximum atomic E-state index is 13.2. The molecule has 3 heterocycles. The van der Waals surface area contributed by atoms with E-state index in [0.717, 1.165) is 43.7 Å². The second-order valence-corrected chi connectivity index (χ2v) is 8.46. The Morgan fingerprint density at radius 2 is 2.06 bits per heavy atom. The molecule has 1 atom stereocenters. The van der Waals surface area contributed by atoms with Gasteiger partial charge in [-0.3, -0.25) is 4.90 Å². The summed E-state index contributed by atoms with van der Waals surface area (Å²) in [6.45, 7) is 9.39. The summed E-state index contributed by atoms with van der Waals surface area (Å²) in [5.74, 6) is 0.384. The largest absolute Gasteiger partial charge is 0.472 e. The van der Waals surface area contributed by atoms with Gasteiger partial charge in [-0.15, -0.1) is 0 Å². The zero-order valence-electron chi connectivity index (χ0n) is 19.0. The van der Waals surface area contributed by atoms with Crippen LogP contribution in [0.3, 0.4) is 0 Å². The van der Waals surface area contributed by atoms with Crippen LogP contribution < -0.4 is 4.90 Å². The summed E-state index contributed by atoms with van der Waals surface area (Å²) >= 11 is 0. The number of likely N-dealkylation sites (N-methyl/N-ethyl adjacent to an activating group) is 1. The van der Waals surface area contributed by atoms with E-state index in [1.165, 1.54) is 5.56 Å². The number of ether oxygens (including phenoxy) is 1. The third-order valence-electron chi connectivity index (χ3n) is 5.91. The van der Waals surface area contributed by atoms with Crippen LogP contribution in [0.25, 0.3) is 11.1 Å². The lowest BCUT2D eigenvalue weighted by molar-refractivity contribution is 0.0379. The number of hydrogen-bond donors (Lipinski definition) is 0. The first kappa shape index (κ1) is 22.1. The monoisotopic (exact) mass is 433 g/mol. The van der Waals surface area contributed by atoms with Gasteiger partial charge < -0.3 is 14.1 Å². The van der Waals surface area contributed by atoms with Crippen molar-refractivity contribution in [1.29, 1.82) is 0 Å². The summed E-state index contributed by atoms with van der Waals surface area (Å²) in [5.41, 5.74) is 3.56. The fourth-order valence-corrected chi connectivity index (χ4v) is 4.37. The van der Waals surface area contributed by atoms with E-state index in [1.54, 1.807) is 18.7 Å². The molecule has 3 aromatic rings. The van der Waals surface area contributed by atoms with Gasteiger partial charge in [-0.05, 0) is 44.5 Å². The predicted molar refractivity (Wildman–Crippen MR) is 126 cm³/mol. The van der Waals surface area contributed by atoms with Crippen LogP contribution in [0.4, 0.5) is 5.82 Å². The zero-order chi connectivity index (χ0) is 22.5. The fourth-order valence-electron chi connectivity index (χ4n) is 4.37. The molecule has 1 unspecified atom stereocenters. The smallest absolute Gasteiger partial charge is 0.342 e. The van der Waals surface area contributed by atoms with Crippen LogP contribution in [0.2, 0.25) is 0 Å². The number of anilines is 1. The third-order valence-corrected chi connectivity index (χ3v) is 5.91. The number of hydrogen-bond acceptors (Lipinski definition) is 6. The Kier molecular flexibility index (Phi) is 6.90. The van der Waals surface area contributed by atoms with Gasteiger partial charge in [0, 0.05) is 43.0 Å². The van der Waals surface area contributed by atoms with Crippen molar-refractivity contribution in [3.8, 4) is 11.1 Å². The van der Waals surface area contributed by atoms with Gasteiger partial charge in [-0.2, -0.15) is 0 Å². The molecule has 1 fully saturated rings. The molecule has 1 aliphatic heterocycles. The van der Waals surface area contributed by atoms with Gasteiger partial charge in [0.15, 0.2) is 0 Å². The molecule has 0 aliphatic carbocycles. The molecular weight excluding hydrogens is 402 g/mol. The van der Waals surface area contributed by atoms with Gasteiger partial charge in [0.1, 0.15) is 11.4 Å². The molecule has 0 amide bonds. The van der Waals surface area contributed by atoms with Gasteiger partial charge in [-0.1, -0.05) is 37.3 Å². The number of esters is 1. The minimum absolute atomic E-state index is 0.198. The van der Waals surface area contributed by atoms with Crippen molar-refractivity contribution < 1.29 is 13.9 Å². The molecule has 0 spiro atoms. The topological polar surface area (TPSA) is 58.8 Å². The van der Waals surface area contributed by atoms with Crippen LogP contribution in [-0.2, 0) is 11.3 Å². The molecule has 2 aromatic heterocycles. The van der Waals surface area contributed by atoms with E-state index < -0.39 is 0 Å². The van der Waals surface area contributed by atoms with Gasteiger partial charge in [0.2, 0.25) is 0 Å². The number of benzene rings is 1. The van der Waals surface area contributed by atoms with Crippen molar-refractivity contribution in [2.75, 3.05) is 24.5 Å². The lowest BCUT2D eigenvalue weighted by Crippen LogP contribution is -2.37. The highest BCUT2D eigenvalue weighted by Crippen LogP contribution is 2.33. The van der Waals surface area contributed by atoms with E-state index in [9.17, 15) is 4.79 Å².